The third kappa shape index (κ3) is 4.20. The van der Waals surface area contributed by atoms with E-state index in [9.17, 15) is 14.9 Å². The van der Waals surface area contributed by atoms with Crippen molar-refractivity contribution in [3.8, 4) is 0 Å². The predicted molar refractivity (Wildman–Crippen MR) is 74.0 cm³/mol. The first-order valence-electron chi connectivity index (χ1n) is 6.19. The number of hydrogen-bond donors (Lipinski definition) is 2. The first-order valence-corrected chi connectivity index (χ1v) is 6.19. The second-order valence-electron chi connectivity index (χ2n) is 4.38. The van der Waals surface area contributed by atoms with Crippen molar-refractivity contribution in [1.82, 2.24) is 0 Å². The van der Waals surface area contributed by atoms with Crippen LogP contribution >= 0.6 is 0 Å². The van der Waals surface area contributed by atoms with Crippen LogP contribution in [0.15, 0.2) is 18.2 Å². The van der Waals surface area contributed by atoms with E-state index in [2.05, 4.69) is 5.32 Å². The van der Waals surface area contributed by atoms with Crippen molar-refractivity contribution in [2.75, 3.05) is 19.0 Å². The normalized spacial score (nSPS) is 11.9. The number of nitro benzene ring substituents is 1. The van der Waals surface area contributed by atoms with Crippen molar-refractivity contribution in [1.29, 1.82) is 0 Å². The minimum absolute atomic E-state index is 0.0315. The molecular formula is C13H18N2O5. The topological polar surface area (TPSA) is 102 Å². The summed E-state index contributed by atoms with van der Waals surface area (Å²) < 4.78 is 4.89. The molecule has 0 aliphatic heterocycles. The molecule has 2 N–H and O–H groups in total. The lowest BCUT2D eigenvalue weighted by Crippen LogP contribution is -2.29. The van der Waals surface area contributed by atoms with E-state index in [4.69, 9.17) is 9.84 Å². The fourth-order valence-corrected chi connectivity index (χ4v) is 1.85. The fourth-order valence-electron chi connectivity index (χ4n) is 1.85. The van der Waals surface area contributed by atoms with Gasteiger partial charge in [0.1, 0.15) is 6.04 Å². The van der Waals surface area contributed by atoms with E-state index in [-0.39, 0.29) is 5.69 Å². The van der Waals surface area contributed by atoms with Gasteiger partial charge in [-0.15, -0.1) is 0 Å². The summed E-state index contributed by atoms with van der Waals surface area (Å²) in [6.45, 7) is 2.06. The van der Waals surface area contributed by atoms with E-state index < -0.39 is 16.9 Å². The van der Waals surface area contributed by atoms with Crippen molar-refractivity contribution in [2.24, 2.45) is 0 Å². The number of nitrogens with zero attached hydrogens (tertiary/aromatic N) is 1. The molecule has 0 radical (unpaired) electrons. The Kier molecular flexibility index (Phi) is 5.92. The molecule has 0 saturated heterocycles. The lowest BCUT2D eigenvalue weighted by molar-refractivity contribution is -0.385. The quantitative estimate of drug-likeness (QED) is 0.430. The smallest absolute Gasteiger partial charge is 0.326 e. The first kappa shape index (κ1) is 15.9. The van der Waals surface area contributed by atoms with Gasteiger partial charge in [-0.25, -0.2) is 4.79 Å². The summed E-state index contributed by atoms with van der Waals surface area (Å²) in [5.41, 5.74) is 0.857. The highest BCUT2D eigenvalue weighted by molar-refractivity contribution is 5.78. The molecule has 0 aliphatic carbocycles. The molecule has 1 aromatic rings. The van der Waals surface area contributed by atoms with E-state index in [1.807, 2.05) is 0 Å². The van der Waals surface area contributed by atoms with E-state index in [1.54, 1.807) is 20.1 Å². The van der Waals surface area contributed by atoms with Gasteiger partial charge in [0.05, 0.1) is 4.92 Å². The van der Waals surface area contributed by atoms with Crippen LogP contribution in [-0.4, -0.2) is 35.8 Å². The Morgan fingerprint density at radius 1 is 1.55 bits per heavy atom. The second-order valence-corrected chi connectivity index (χ2v) is 4.38. The van der Waals surface area contributed by atoms with E-state index >= 15 is 0 Å². The number of carbonyl (C=O) groups is 1. The van der Waals surface area contributed by atoms with Crippen molar-refractivity contribution in [2.45, 2.75) is 25.8 Å². The molecule has 7 nitrogen and oxygen atoms in total. The molecule has 0 heterocycles. The van der Waals surface area contributed by atoms with Gasteiger partial charge in [0, 0.05) is 31.0 Å². The van der Waals surface area contributed by atoms with Crippen molar-refractivity contribution < 1.29 is 19.6 Å². The summed E-state index contributed by atoms with van der Waals surface area (Å²) in [4.78, 5) is 21.6. The molecule has 0 aromatic heterocycles. The molecule has 1 unspecified atom stereocenters. The lowest BCUT2D eigenvalue weighted by Gasteiger charge is -2.17. The number of methoxy groups -OCH3 is 1. The molecular weight excluding hydrogens is 264 g/mol. The summed E-state index contributed by atoms with van der Waals surface area (Å²) in [5, 5.41) is 22.9. The molecule has 0 spiro atoms. The van der Waals surface area contributed by atoms with Gasteiger partial charge in [-0.05, 0) is 25.8 Å². The predicted octanol–water partition coefficient (Wildman–Crippen LogP) is 2.19. The van der Waals surface area contributed by atoms with Crippen LogP contribution in [0.3, 0.4) is 0 Å². The Morgan fingerprint density at radius 2 is 2.25 bits per heavy atom. The number of nitrogens with one attached hydrogen (secondary N) is 1. The zero-order valence-corrected chi connectivity index (χ0v) is 11.5. The van der Waals surface area contributed by atoms with Crippen LogP contribution in [0.25, 0.3) is 0 Å². The van der Waals surface area contributed by atoms with Crippen LogP contribution in [0.2, 0.25) is 0 Å². The Bertz CT molecular complexity index is 490. The van der Waals surface area contributed by atoms with Gasteiger partial charge in [0.15, 0.2) is 0 Å². The second kappa shape index (κ2) is 7.44. The number of hydrogen-bond acceptors (Lipinski definition) is 5. The number of carboxylic acid groups (broad SMARTS) is 1. The van der Waals surface area contributed by atoms with Gasteiger partial charge in [-0.1, -0.05) is 6.07 Å². The largest absolute Gasteiger partial charge is 0.480 e. The molecule has 1 aromatic carbocycles. The van der Waals surface area contributed by atoms with Crippen LogP contribution in [0, 0.1) is 17.0 Å². The minimum atomic E-state index is -0.994. The van der Waals surface area contributed by atoms with Gasteiger partial charge < -0.3 is 15.2 Å². The van der Waals surface area contributed by atoms with Gasteiger partial charge >= 0.3 is 5.97 Å². The van der Waals surface area contributed by atoms with Gasteiger partial charge in [-0.2, -0.15) is 0 Å². The number of ether oxygens (including phenoxy) is 1. The molecule has 0 amide bonds. The first-order chi connectivity index (χ1) is 9.47. The zero-order chi connectivity index (χ0) is 15.1. The Balaban J connectivity index is 2.86. The van der Waals surface area contributed by atoms with E-state index in [0.717, 1.165) is 0 Å². The Hall–Kier alpha value is -2.15. The molecule has 20 heavy (non-hydrogen) atoms. The average Bonchev–Trinajstić information content (AvgIpc) is 2.39. The minimum Gasteiger partial charge on any atom is -0.480 e. The molecule has 0 saturated carbocycles. The maximum absolute atomic E-state index is 11.2. The van der Waals surface area contributed by atoms with Crippen molar-refractivity contribution in [3.63, 3.8) is 0 Å². The molecule has 7 heteroatoms. The maximum atomic E-state index is 11.2. The van der Waals surface area contributed by atoms with Crippen LogP contribution < -0.4 is 5.32 Å². The number of benzene rings is 1. The number of nitro groups is 1. The Morgan fingerprint density at radius 3 is 2.80 bits per heavy atom. The summed E-state index contributed by atoms with van der Waals surface area (Å²) in [6, 6.07) is 3.75. The van der Waals surface area contributed by atoms with E-state index in [1.165, 1.54) is 12.1 Å². The molecule has 0 aliphatic rings. The maximum Gasteiger partial charge on any atom is 0.326 e. The number of aliphatic carboxylic acids is 1. The zero-order valence-electron chi connectivity index (χ0n) is 11.5. The monoisotopic (exact) mass is 282 g/mol. The molecule has 1 rings (SSSR count). The Labute approximate surface area is 116 Å². The highest BCUT2D eigenvalue weighted by Crippen LogP contribution is 2.26. The third-order valence-corrected chi connectivity index (χ3v) is 2.97. The fraction of sp³-hybridized carbons (Fsp3) is 0.462. The molecule has 0 bridgehead atoms. The SMILES string of the molecule is COCCCC(Nc1cccc([N+](=O)[O-])c1C)C(=O)O. The number of carboxylic acids is 1. The summed E-state index contributed by atoms with van der Waals surface area (Å²) >= 11 is 0. The van der Waals surface area contributed by atoms with Gasteiger partial charge in [0.25, 0.3) is 5.69 Å². The third-order valence-electron chi connectivity index (χ3n) is 2.97. The van der Waals surface area contributed by atoms with Crippen LogP contribution in [0.4, 0.5) is 11.4 Å². The molecule has 1 atom stereocenters. The number of anilines is 1. The summed E-state index contributed by atoms with van der Waals surface area (Å²) in [5.74, 6) is -0.994. The van der Waals surface area contributed by atoms with Crippen molar-refractivity contribution >= 4 is 17.3 Å². The van der Waals surface area contributed by atoms with Gasteiger partial charge in [-0.3, -0.25) is 10.1 Å². The highest BCUT2D eigenvalue weighted by Gasteiger charge is 2.20. The summed E-state index contributed by atoms with van der Waals surface area (Å²) in [6.07, 6.45) is 0.972. The van der Waals surface area contributed by atoms with Gasteiger partial charge in [0.2, 0.25) is 0 Å². The van der Waals surface area contributed by atoms with Crippen molar-refractivity contribution in [3.05, 3.63) is 33.9 Å². The molecule has 110 valence electrons. The van der Waals surface area contributed by atoms with Crippen LogP contribution in [0.1, 0.15) is 18.4 Å². The van der Waals surface area contributed by atoms with Crippen LogP contribution in [0.5, 0.6) is 0 Å². The highest BCUT2D eigenvalue weighted by atomic mass is 16.6. The average molecular weight is 282 g/mol. The molecule has 0 fully saturated rings. The standard InChI is InChI=1S/C13H18N2O5/c1-9-10(5-3-7-12(9)15(18)19)14-11(13(16)17)6-4-8-20-2/h3,5,7,11,14H,4,6,8H2,1-2H3,(H,16,17). The summed E-state index contributed by atoms with van der Waals surface area (Å²) in [7, 11) is 1.55. The van der Waals surface area contributed by atoms with Crippen LogP contribution in [-0.2, 0) is 9.53 Å². The van der Waals surface area contributed by atoms with E-state index in [0.29, 0.717) is 30.7 Å². The number of rotatable bonds is 8. The lowest BCUT2D eigenvalue weighted by atomic mass is 10.1.